The van der Waals surface area contributed by atoms with Crippen LogP contribution in [0.4, 0.5) is 0 Å². The quantitative estimate of drug-likeness (QED) is 0.506. The summed E-state index contributed by atoms with van der Waals surface area (Å²) in [5.74, 6) is -0.311. The topological polar surface area (TPSA) is 126 Å². The van der Waals surface area contributed by atoms with Crippen molar-refractivity contribution >= 4 is 23.6 Å². The van der Waals surface area contributed by atoms with E-state index in [1.807, 2.05) is 13.8 Å². The number of hydrogen-bond donors (Lipinski definition) is 4. The number of nitrogens with one attached hydrogen (secondary N) is 4. The van der Waals surface area contributed by atoms with Crippen molar-refractivity contribution in [3.05, 3.63) is 29.8 Å². The van der Waals surface area contributed by atoms with E-state index in [4.69, 9.17) is 4.74 Å². The third kappa shape index (κ3) is 6.36. The fraction of sp³-hybridized carbons (Fsp3) is 0.630. The van der Waals surface area contributed by atoms with Crippen LogP contribution in [0.15, 0.2) is 24.3 Å². The van der Waals surface area contributed by atoms with Gasteiger partial charge in [-0.05, 0) is 56.1 Å². The Morgan fingerprint density at radius 1 is 1.08 bits per heavy atom. The van der Waals surface area contributed by atoms with Crippen molar-refractivity contribution in [3.63, 3.8) is 0 Å². The van der Waals surface area contributed by atoms with Gasteiger partial charge in [0.05, 0.1) is 11.6 Å². The molecule has 1 aromatic carbocycles. The lowest BCUT2D eigenvalue weighted by molar-refractivity contribution is -0.134. The Hall–Kier alpha value is -3.10. The molecule has 9 heteroatoms. The second-order valence-electron chi connectivity index (χ2n) is 10.7. The van der Waals surface area contributed by atoms with Gasteiger partial charge in [-0.15, -0.1) is 0 Å². The van der Waals surface area contributed by atoms with Gasteiger partial charge in [-0.1, -0.05) is 38.8 Å². The molecule has 1 aromatic rings. The van der Waals surface area contributed by atoms with E-state index in [0.29, 0.717) is 36.6 Å². The Morgan fingerprint density at radius 2 is 1.81 bits per heavy atom. The molecule has 1 heterocycles. The maximum absolute atomic E-state index is 13.4. The first kappa shape index (κ1) is 26.0. The summed E-state index contributed by atoms with van der Waals surface area (Å²) in [6.07, 6.45) is 5.17. The van der Waals surface area contributed by atoms with Crippen LogP contribution in [0.1, 0.15) is 75.6 Å². The van der Waals surface area contributed by atoms with E-state index < -0.39 is 17.5 Å². The summed E-state index contributed by atoms with van der Waals surface area (Å²) in [6.45, 7) is 4.72. The molecule has 1 spiro atoms. The minimum Gasteiger partial charge on any atom is -0.491 e. The molecule has 0 saturated heterocycles. The van der Waals surface area contributed by atoms with E-state index in [2.05, 4.69) is 21.3 Å². The van der Waals surface area contributed by atoms with E-state index in [9.17, 15) is 19.2 Å². The van der Waals surface area contributed by atoms with Crippen molar-refractivity contribution in [2.75, 3.05) is 13.2 Å². The number of carbonyl (C=O) groups is 4. The van der Waals surface area contributed by atoms with Crippen molar-refractivity contribution < 1.29 is 23.9 Å². The van der Waals surface area contributed by atoms with Gasteiger partial charge in [-0.2, -0.15) is 0 Å². The Labute approximate surface area is 212 Å². The molecular formula is C27H38N4O5. The molecule has 1 aliphatic heterocycles. The number of para-hydroxylation sites is 1. The SMILES string of the molecule is CC(C)[C@H]1COc2ccccc2C(=O)N[C@H](C(=O)NCC2CC2)CCC(=O)NC2(CCCC2)C(=O)N1. The highest BCUT2D eigenvalue weighted by atomic mass is 16.5. The highest BCUT2D eigenvalue weighted by molar-refractivity contribution is 6.00. The first-order valence-electron chi connectivity index (χ1n) is 13.2. The molecular weight excluding hydrogens is 460 g/mol. The molecule has 0 unspecified atom stereocenters. The van der Waals surface area contributed by atoms with Gasteiger partial charge in [0.25, 0.3) is 5.91 Å². The average Bonchev–Trinajstić information content (AvgIpc) is 3.57. The Balaban J connectivity index is 1.61. The number of ether oxygens (including phenoxy) is 1. The summed E-state index contributed by atoms with van der Waals surface area (Å²) in [6, 6.07) is 5.67. The van der Waals surface area contributed by atoms with Crippen molar-refractivity contribution in [2.24, 2.45) is 11.8 Å². The number of amides is 4. The molecule has 2 atom stereocenters. The fourth-order valence-corrected chi connectivity index (χ4v) is 4.85. The molecule has 0 radical (unpaired) electrons. The van der Waals surface area contributed by atoms with Gasteiger partial charge in [-0.25, -0.2) is 0 Å². The summed E-state index contributed by atoms with van der Waals surface area (Å²) in [5, 5.41) is 11.8. The average molecular weight is 499 g/mol. The smallest absolute Gasteiger partial charge is 0.255 e. The highest BCUT2D eigenvalue weighted by Gasteiger charge is 2.43. The van der Waals surface area contributed by atoms with E-state index in [1.54, 1.807) is 24.3 Å². The van der Waals surface area contributed by atoms with Gasteiger partial charge in [0.15, 0.2) is 0 Å². The summed E-state index contributed by atoms with van der Waals surface area (Å²) >= 11 is 0. The maximum Gasteiger partial charge on any atom is 0.255 e. The molecule has 0 aromatic heterocycles. The first-order valence-corrected chi connectivity index (χ1v) is 13.2. The molecule has 4 N–H and O–H groups in total. The summed E-state index contributed by atoms with van der Waals surface area (Å²) in [5.41, 5.74) is -0.659. The molecule has 9 nitrogen and oxygen atoms in total. The second-order valence-corrected chi connectivity index (χ2v) is 10.7. The molecule has 36 heavy (non-hydrogen) atoms. The Bertz CT molecular complexity index is 984. The molecule has 2 fully saturated rings. The number of rotatable bonds is 4. The number of hydrogen-bond acceptors (Lipinski definition) is 5. The largest absolute Gasteiger partial charge is 0.491 e. The van der Waals surface area contributed by atoms with E-state index in [1.165, 1.54) is 0 Å². The van der Waals surface area contributed by atoms with Crippen LogP contribution in [-0.2, 0) is 14.4 Å². The molecule has 3 aliphatic rings. The van der Waals surface area contributed by atoms with Gasteiger partial charge in [-0.3, -0.25) is 19.2 Å². The van der Waals surface area contributed by atoms with Crippen LogP contribution in [0.25, 0.3) is 0 Å². The summed E-state index contributed by atoms with van der Waals surface area (Å²) < 4.78 is 6.05. The van der Waals surface area contributed by atoms with Crippen LogP contribution in [0, 0.1) is 11.8 Å². The van der Waals surface area contributed by atoms with Gasteiger partial charge in [0.2, 0.25) is 17.7 Å². The van der Waals surface area contributed by atoms with Crippen molar-refractivity contribution in [1.29, 1.82) is 0 Å². The highest BCUT2D eigenvalue weighted by Crippen LogP contribution is 2.31. The normalized spacial score (nSPS) is 25.0. The molecule has 4 rings (SSSR count). The van der Waals surface area contributed by atoms with Gasteiger partial charge in [0, 0.05) is 13.0 Å². The Morgan fingerprint density at radius 3 is 2.50 bits per heavy atom. The minimum atomic E-state index is -0.963. The van der Waals surface area contributed by atoms with Crippen molar-refractivity contribution in [3.8, 4) is 5.75 Å². The number of benzene rings is 1. The Kier molecular flexibility index (Phi) is 8.16. The predicted molar refractivity (Wildman–Crippen MR) is 134 cm³/mol. The molecule has 196 valence electrons. The van der Waals surface area contributed by atoms with Crippen LogP contribution >= 0.6 is 0 Å². The lowest BCUT2D eigenvalue weighted by Crippen LogP contribution is -2.60. The lowest BCUT2D eigenvalue weighted by atomic mass is 9.94. The van der Waals surface area contributed by atoms with E-state index in [-0.39, 0.29) is 49.1 Å². The van der Waals surface area contributed by atoms with Gasteiger partial charge < -0.3 is 26.0 Å². The molecule has 2 aliphatic carbocycles. The van der Waals surface area contributed by atoms with Gasteiger partial charge >= 0.3 is 0 Å². The van der Waals surface area contributed by atoms with Crippen LogP contribution in [0.5, 0.6) is 5.75 Å². The van der Waals surface area contributed by atoms with Gasteiger partial charge in [0.1, 0.15) is 23.9 Å². The zero-order valence-electron chi connectivity index (χ0n) is 21.2. The van der Waals surface area contributed by atoms with Crippen molar-refractivity contribution in [2.45, 2.75) is 82.8 Å². The minimum absolute atomic E-state index is 0.0164. The first-order chi connectivity index (χ1) is 17.3. The monoisotopic (exact) mass is 498 g/mol. The van der Waals surface area contributed by atoms with Crippen LogP contribution < -0.4 is 26.0 Å². The van der Waals surface area contributed by atoms with Crippen LogP contribution in [0.2, 0.25) is 0 Å². The summed E-state index contributed by atoms with van der Waals surface area (Å²) in [7, 11) is 0. The zero-order chi connectivity index (χ0) is 25.7. The maximum atomic E-state index is 13.4. The molecule has 4 amide bonds. The third-order valence-corrected chi connectivity index (χ3v) is 7.49. The summed E-state index contributed by atoms with van der Waals surface area (Å²) in [4.78, 5) is 52.6. The molecule has 0 bridgehead atoms. The van der Waals surface area contributed by atoms with E-state index >= 15 is 0 Å². The van der Waals surface area contributed by atoms with E-state index in [0.717, 1.165) is 25.7 Å². The standard InChI is InChI=1S/C27H38N4O5/c1-17(2)21-16-36-22-8-4-3-7-19(22)24(33)29-20(25(34)28-15-18-9-10-18)11-12-23(32)31-27(26(35)30-21)13-5-6-14-27/h3-4,7-8,17-18,20-21H,5-6,9-16H2,1-2H3,(H,28,34)(H,29,33)(H,30,35)(H,31,32)/t20-,21+/m0/s1. The van der Waals surface area contributed by atoms with Crippen LogP contribution in [0.3, 0.4) is 0 Å². The zero-order valence-corrected chi connectivity index (χ0v) is 21.2. The lowest BCUT2D eigenvalue weighted by Gasteiger charge is -2.32. The fourth-order valence-electron chi connectivity index (χ4n) is 4.85. The number of carbonyl (C=O) groups excluding carboxylic acids is 4. The van der Waals surface area contributed by atoms with Crippen LogP contribution in [-0.4, -0.2) is 54.4 Å². The van der Waals surface area contributed by atoms with Crippen molar-refractivity contribution in [1.82, 2.24) is 21.3 Å². The molecule has 2 saturated carbocycles. The third-order valence-electron chi connectivity index (χ3n) is 7.49. The second kappa shape index (κ2) is 11.3. The number of fused-ring (bicyclic) bond motifs is 1. The predicted octanol–water partition coefficient (Wildman–Crippen LogP) is 2.05.